The molecule has 17 heavy (non-hydrogen) atoms. The summed E-state index contributed by atoms with van der Waals surface area (Å²) in [7, 11) is 0. The van der Waals surface area contributed by atoms with Crippen molar-refractivity contribution in [1.29, 1.82) is 0 Å². The maximum atomic E-state index is 11.6. The van der Waals surface area contributed by atoms with Gasteiger partial charge < -0.3 is 9.47 Å². The van der Waals surface area contributed by atoms with Gasteiger partial charge in [-0.15, -0.1) is 0 Å². The molecule has 0 aliphatic rings. The average Bonchev–Trinajstić information content (AvgIpc) is 2.37. The Morgan fingerprint density at radius 1 is 1.12 bits per heavy atom. The zero-order chi connectivity index (χ0) is 12.7. The van der Waals surface area contributed by atoms with Crippen LogP contribution < -0.4 is 9.47 Å². The number of ketones is 1. The predicted octanol–water partition coefficient (Wildman–Crippen LogP) is 3.08. The van der Waals surface area contributed by atoms with Crippen LogP contribution in [0, 0.1) is 5.92 Å². The Morgan fingerprint density at radius 2 is 1.65 bits per heavy atom. The third-order valence-electron chi connectivity index (χ3n) is 2.68. The molecular formula is C14H20O3. The Labute approximate surface area is 103 Å². The zero-order valence-corrected chi connectivity index (χ0v) is 10.7. The van der Waals surface area contributed by atoms with Crippen LogP contribution in [0.25, 0.3) is 0 Å². The monoisotopic (exact) mass is 236 g/mol. The molecule has 1 atom stereocenters. The van der Waals surface area contributed by atoms with Crippen molar-refractivity contribution in [2.45, 2.75) is 27.2 Å². The van der Waals surface area contributed by atoms with Crippen LogP contribution in [0.2, 0.25) is 0 Å². The van der Waals surface area contributed by atoms with Crippen LogP contribution in [0.1, 0.15) is 27.2 Å². The number of benzene rings is 1. The number of ether oxygens (including phenoxy) is 2. The van der Waals surface area contributed by atoms with Gasteiger partial charge in [0.05, 0.1) is 6.61 Å². The molecule has 0 saturated carbocycles. The van der Waals surface area contributed by atoms with Crippen LogP contribution in [-0.2, 0) is 4.79 Å². The molecule has 0 bridgehead atoms. The molecule has 1 unspecified atom stereocenters. The molecule has 1 aromatic carbocycles. The zero-order valence-electron chi connectivity index (χ0n) is 10.7. The van der Waals surface area contributed by atoms with Crippen molar-refractivity contribution in [2.75, 3.05) is 13.2 Å². The molecule has 0 fully saturated rings. The van der Waals surface area contributed by atoms with E-state index >= 15 is 0 Å². The van der Waals surface area contributed by atoms with Crippen molar-refractivity contribution in [3.05, 3.63) is 24.3 Å². The summed E-state index contributed by atoms with van der Waals surface area (Å²) in [4.78, 5) is 11.6. The van der Waals surface area contributed by atoms with Gasteiger partial charge >= 0.3 is 0 Å². The second-order valence-electron chi connectivity index (χ2n) is 3.97. The van der Waals surface area contributed by atoms with Crippen molar-refractivity contribution in [3.8, 4) is 11.5 Å². The lowest BCUT2D eigenvalue weighted by Gasteiger charge is -2.10. The number of carbonyl (C=O) groups excluding carboxylic acids is 1. The van der Waals surface area contributed by atoms with Crippen molar-refractivity contribution >= 4 is 5.78 Å². The van der Waals surface area contributed by atoms with Crippen molar-refractivity contribution in [2.24, 2.45) is 5.92 Å². The van der Waals surface area contributed by atoms with Crippen molar-refractivity contribution in [1.82, 2.24) is 0 Å². The van der Waals surface area contributed by atoms with Crippen molar-refractivity contribution in [3.63, 3.8) is 0 Å². The molecular weight excluding hydrogens is 216 g/mol. The van der Waals surface area contributed by atoms with Gasteiger partial charge in [-0.2, -0.15) is 0 Å². The lowest BCUT2D eigenvalue weighted by atomic mass is 10.1. The summed E-state index contributed by atoms with van der Waals surface area (Å²) >= 11 is 0. The molecule has 3 nitrogen and oxygen atoms in total. The number of hydrogen-bond donors (Lipinski definition) is 0. The molecule has 0 aliphatic carbocycles. The first-order valence-electron chi connectivity index (χ1n) is 6.05. The van der Waals surface area contributed by atoms with Gasteiger partial charge in [-0.3, -0.25) is 4.79 Å². The summed E-state index contributed by atoms with van der Waals surface area (Å²) in [5.41, 5.74) is 0. The molecule has 0 heterocycles. The highest BCUT2D eigenvalue weighted by molar-refractivity contribution is 5.82. The molecule has 0 saturated heterocycles. The largest absolute Gasteiger partial charge is 0.494 e. The highest BCUT2D eigenvalue weighted by Gasteiger charge is 2.10. The van der Waals surface area contributed by atoms with Crippen LogP contribution in [0.4, 0.5) is 0 Å². The Kier molecular flexibility index (Phi) is 5.53. The van der Waals surface area contributed by atoms with Crippen LogP contribution in [0.5, 0.6) is 11.5 Å². The smallest absolute Gasteiger partial charge is 0.172 e. The van der Waals surface area contributed by atoms with E-state index in [9.17, 15) is 4.79 Å². The first kappa shape index (κ1) is 13.6. The second kappa shape index (κ2) is 6.94. The molecule has 0 aromatic heterocycles. The van der Waals surface area contributed by atoms with Crippen LogP contribution >= 0.6 is 0 Å². The highest BCUT2D eigenvalue weighted by Crippen LogP contribution is 2.17. The molecule has 0 N–H and O–H groups in total. The van der Waals surface area contributed by atoms with E-state index in [1.54, 1.807) is 0 Å². The third kappa shape index (κ3) is 4.47. The maximum absolute atomic E-state index is 11.6. The number of rotatable bonds is 7. The van der Waals surface area contributed by atoms with Gasteiger partial charge in [0.1, 0.15) is 18.1 Å². The maximum Gasteiger partial charge on any atom is 0.172 e. The van der Waals surface area contributed by atoms with E-state index < -0.39 is 0 Å². The molecule has 94 valence electrons. The van der Waals surface area contributed by atoms with E-state index in [0.29, 0.717) is 12.4 Å². The van der Waals surface area contributed by atoms with Gasteiger partial charge in [0, 0.05) is 5.92 Å². The summed E-state index contributed by atoms with van der Waals surface area (Å²) in [6, 6.07) is 7.31. The molecule has 1 aromatic rings. The van der Waals surface area contributed by atoms with Crippen LogP contribution in [-0.4, -0.2) is 19.0 Å². The molecule has 0 radical (unpaired) electrons. The Balaban J connectivity index is 2.44. The normalized spacial score (nSPS) is 11.9. The highest BCUT2D eigenvalue weighted by atomic mass is 16.5. The fourth-order valence-electron chi connectivity index (χ4n) is 1.32. The summed E-state index contributed by atoms with van der Waals surface area (Å²) in [6.45, 7) is 6.65. The fraction of sp³-hybridized carbons (Fsp3) is 0.500. The quantitative estimate of drug-likeness (QED) is 0.729. The standard InChI is InChI=1S/C14H20O3/c1-4-11(3)14(15)10-17-13-8-6-12(7-9-13)16-5-2/h6-9,11H,4-5,10H2,1-3H3. The minimum Gasteiger partial charge on any atom is -0.494 e. The summed E-state index contributed by atoms with van der Waals surface area (Å²) in [5.74, 6) is 1.72. The van der Waals surface area contributed by atoms with E-state index in [4.69, 9.17) is 9.47 Å². The number of hydrogen-bond acceptors (Lipinski definition) is 3. The second-order valence-corrected chi connectivity index (χ2v) is 3.97. The number of Topliss-reactive ketones (excluding diaryl/α,β-unsaturated/α-hetero) is 1. The van der Waals surface area contributed by atoms with E-state index in [2.05, 4.69) is 0 Å². The Morgan fingerprint density at radius 3 is 2.12 bits per heavy atom. The van der Waals surface area contributed by atoms with Gasteiger partial charge in [-0.1, -0.05) is 13.8 Å². The van der Waals surface area contributed by atoms with E-state index in [1.165, 1.54) is 0 Å². The Hall–Kier alpha value is -1.51. The summed E-state index contributed by atoms with van der Waals surface area (Å²) in [5, 5.41) is 0. The molecule has 0 spiro atoms. The number of carbonyl (C=O) groups is 1. The topological polar surface area (TPSA) is 35.5 Å². The summed E-state index contributed by atoms with van der Waals surface area (Å²) in [6.07, 6.45) is 0.853. The van der Waals surface area contributed by atoms with Crippen molar-refractivity contribution < 1.29 is 14.3 Å². The Bertz CT molecular complexity index is 343. The van der Waals surface area contributed by atoms with E-state index in [-0.39, 0.29) is 18.3 Å². The van der Waals surface area contributed by atoms with Crippen LogP contribution in [0.3, 0.4) is 0 Å². The van der Waals surface area contributed by atoms with Gasteiger partial charge in [0.25, 0.3) is 0 Å². The molecule has 3 heteroatoms. The van der Waals surface area contributed by atoms with Gasteiger partial charge in [-0.25, -0.2) is 0 Å². The minimum atomic E-state index is 0.0673. The first-order chi connectivity index (χ1) is 8.17. The van der Waals surface area contributed by atoms with E-state index in [1.807, 2.05) is 45.0 Å². The van der Waals surface area contributed by atoms with Gasteiger partial charge in [-0.05, 0) is 37.6 Å². The van der Waals surface area contributed by atoms with Gasteiger partial charge in [0.2, 0.25) is 0 Å². The lowest BCUT2D eigenvalue weighted by molar-refractivity contribution is -0.124. The molecule has 0 amide bonds. The molecule has 0 aliphatic heterocycles. The van der Waals surface area contributed by atoms with Crippen LogP contribution in [0.15, 0.2) is 24.3 Å². The third-order valence-corrected chi connectivity index (χ3v) is 2.68. The van der Waals surface area contributed by atoms with Gasteiger partial charge in [0.15, 0.2) is 5.78 Å². The summed E-state index contributed by atoms with van der Waals surface area (Å²) < 4.78 is 10.7. The fourth-order valence-corrected chi connectivity index (χ4v) is 1.32. The average molecular weight is 236 g/mol. The first-order valence-corrected chi connectivity index (χ1v) is 6.05. The molecule has 1 rings (SSSR count). The minimum absolute atomic E-state index is 0.0673. The van der Waals surface area contributed by atoms with E-state index in [0.717, 1.165) is 12.2 Å². The SMILES string of the molecule is CCOc1ccc(OCC(=O)C(C)CC)cc1. The predicted molar refractivity (Wildman–Crippen MR) is 67.6 cm³/mol. The lowest BCUT2D eigenvalue weighted by Crippen LogP contribution is -2.18.